The van der Waals surface area contributed by atoms with Gasteiger partial charge < -0.3 is 9.47 Å². The molecule has 0 aliphatic carbocycles. The fourth-order valence-corrected chi connectivity index (χ4v) is 1.14. The van der Waals surface area contributed by atoms with Gasteiger partial charge in [-0.1, -0.05) is 12.1 Å². The molecule has 2 heteroatoms. The smallest absolute Gasteiger partial charge is 0.128 e. The van der Waals surface area contributed by atoms with E-state index in [0.717, 1.165) is 0 Å². The van der Waals surface area contributed by atoms with Crippen LogP contribution in [0.2, 0.25) is 0 Å². The molecule has 0 heterocycles. The maximum Gasteiger partial charge on any atom is 0.128 e. The highest BCUT2D eigenvalue weighted by Crippen LogP contribution is 2.08. The summed E-state index contributed by atoms with van der Waals surface area (Å²) in [7, 11) is 0. The first-order chi connectivity index (χ1) is 7.95. The molecule has 2 aromatic rings. The van der Waals surface area contributed by atoms with Crippen molar-refractivity contribution < 1.29 is 9.47 Å². The van der Waals surface area contributed by atoms with Crippen LogP contribution in [0.5, 0.6) is 11.5 Å². The fourth-order valence-electron chi connectivity index (χ4n) is 1.14. The van der Waals surface area contributed by atoms with Crippen molar-refractivity contribution in [1.29, 1.82) is 0 Å². The first-order valence-electron chi connectivity index (χ1n) is 4.96. The molecule has 0 atom stereocenters. The van der Waals surface area contributed by atoms with Crippen molar-refractivity contribution in [2.24, 2.45) is 0 Å². The van der Waals surface area contributed by atoms with Gasteiger partial charge in [0.25, 0.3) is 0 Å². The van der Waals surface area contributed by atoms with Crippen LogP contribution in [0.3, 0.4) is 0 Å². The van der Waals surface area contributed by atoms with Crippen molar-refractivity contribution in [1.82, 2.24) is 0 Å². The molecular weight excluding hydrogens is 200 g/mol. The molecule has 0 aliphatic heterocycles. The molecule has 0 N–H and O–H groups in total. The highest BCUT2D eigenvalue weighted by molar-refractivity contribution is 5.19. The minimum atomic E-state index is 0.469. The van der Waals surface area contributed by atoms with Crippen molar-refractivity contribution in [3.8, 4) is 11.5 Å². The molecule has 0 saturated heterocycles. The van der Waals surface area contributed by atoms with Gasteiger partial charge in [0.15, 0.2) is 0 Å². The Morgan fingerprint density at radius 3 is 1.62 bits per heavy atom. The van der Waals surface area contributed by atoms with Crippen molar-refractivity contribution in [3.05, 3.63) is 60.7 Å². The first-order valence-corrected chi connectivity index (χ1v) is 4.96. The van der Waals surface area contributed by atoms with Gasteiger partial charge >= 0.3 is 0 Å². The maximum absolute atomic E-state index is 5.39. The summed E-state index contributed by atoms with van der Waals surface area (Å²) in [5, 5.41) is 0. The third-order valence-electron chi connectivity index (χ3n) is 1.84. The lowest BCUT2D eigenvalue weighted by atomic mass is 10.3. The average molecular weight is 210 g/mol. The Morgan fingerprint density at radius 2 is 1.25 bits per heavy atom. The fraction of sp³-hybridized carbons (Fsp3) is 0.143. The Balaban J connectivity index is 1.70. The molecule has 4 radical (unpaired) electrons. The molecule has 16 heavy (non-hydrogen) atoms. The lowest BCUT2D eigenvalue weighted by Crippen LogP contribution is -2.08. The van der Waals surface area contributed by atoms with Crippen molar-refractivity contribution in [2.75, 3.05) is 13.2 Å². The van der Waals surface area contributed by atoms with Gasteiger partial charge in [0.05, 0.1) is 0 Å². The number of ether oxygens (including phenoxy) is 2. The van der Waals surface area contributed by atoms with E-state index >= 15 is 0 Å². The van der Waals surface area contributed by atoms with Crippen LogP contribution >= 0.6 is 0 Å². The first kappa shape index (κ1) is 10.6. The predicted molar refractivity (Wildman–Crippen MR) is 59.2 cm³/mol. The zero-order valence-electron chi connectivity index (χ0n) is 8.69. The molecule has 0 unspecified atom stereocenters. The summed E-state index contributed by atoms with van der Waals surface area (Å²) in [6.07, 6.45) is 0. The zero-order chi connectivity index (χ0) is 11.1. The van der Waals surface area contributed by atoms with E-state index in [1.54, 1.807) is 36.4 Å². The highest BCUT2D eigenvalue weighted by atomic mass is 16.5. The quantitative estimate of drug-likeness (QED) is 0.705. The molecule has 0 aliphatic rings. The van der Waals surface area contributed by atoms with Gasteiger partial charge in [0.1, 0.15) is 24.7 Å². The minimum absolute atomic E-state index is 0.469. The second-order valence-electron chi connectivity index (χ2n) is 3.00. The number of hydrogen-bond acceptors (Lipinski definition) is 2. The maximum atomic E-state index is 5.39. The molecule has 0 bridgehead atoms. The van der Waals surface area contributed by atoms with E-state index in [1.165, 1.54) is 0 Å². The predicted octanol–water partition coefficient (Wildman–Crippen LogP) is 2.35. The van der Waals surface area contributed by atoms with Gasteiger partial charge in [-0.15, -0.1) is 0 Å². The average Bonchev–Trinajstić information content (AvgIpc) is 2.37. The van der Waals surface area contributed by atoms with Crippen molar-refractivity contribution in [3.63, 3.8) is 0 Å². The van der Waals surface area contributed by atoms with Gasteiger partial charge in [-0.25, -0.2) is 0 Å². The van der Waals surface area contributed by atoms with Crippen LogP contribution in [-0.2, 0) is 0 Å². The van der Waals surface area contributed by atoms with Crippen molar-refractivity contribution >= 4 is 0 Å². The van der Waals surface area contributed by atoms with Crippen LogP contribution in [0.1, 0.15) is 0 Å². The van der Waals surface area contributed by atoms with Crippen LogP contribution in [0.4, 0.5) is 0 Å². The summed E-state index contributed by atoms with van der Waals surface area (Å²) < 4.78 is 10.8. The Hall–Kier alpha value is -1.96. The van der Waals surface area contributed by atoms with E-state index in [9.17, 15) is 0 Å². The zero-order valence-corrected chi connectivity index (χ0v) is 8.69. The van der Waals surface area contributed by atoms with Gasteiger partial charge in [0, 0.05) is 12.1 Å². The third kappa shape index (κ3) is 3.31. The highest BCUT2D eigenvalue weighted by Gasteiger charge is 1.94. The molecule has 2 aromatic carbocycles. The van der Waals surface area contributed by atoms with Crippen LogP contribution in [0.15, 0.2) is 36.4 Å². The topological polar surface area (TPSA) is 18.5 Å². The van der Waals surface area contributed by atoms with Gasteiger partial charge in [0.2, 0.25) is 0 Å². The van der Waals surface area contributed by atoms with E-state index in [2.05, 4.69) is 24.3 Å². The lowest BCUT2D eigenvalue weighted by molar-refractivity contribution is 0.216. The van der Waals surface area contributed by atoms with E-state index in [-0.39, 0.29) is 0 Å². The summed E-state index contributed by atoms with van der Waals surface area (Å²) in [6.45, 7) is 0.939. The minimum Gasteiger partial charge on any atom is -0.489 e. The van der Waals surface area contributed by atoms with Crippen LogP contribution in [-0.4, -0.2) is 13.2 Å². The number of rotatable bonds is 5. The Bertz CT molecular complexity index is 356. The molecule has 0 spiro atoms. The van der Waals surface area contributed by atoms with E-state index in [0.29, 0.717) is 24.7 Å². The largest absolute Gasteiger partial charge is 0.489 e. The van der Waals surface area contributed by atoms with Gasteiger partial charge in [-0.05, 0) is 36.4 Å². The summed E-state index contributed by atoms with van der Waals surface area (Å²) in [4.78, 5) is 0. The SMILES string of the molecule is [c]1cc[c]c(OCCOc2[c]cc[c]c2)c1. The molecule has 78 valence electrons. The number of hydrogen-bond donors (Lipinski definition) is 0. The van der Waals surface area contributed by atoms with Crippen LogP contribution in [0, 0.1) is 24.3 Å². The summed E-state index contributed by atoms with van der Waals surface area (Å²) in [6, 6.07) is 22.3. The monoisotopic (exact) mass is 210 g/mol. The lowest BCUT2D eigenvalue weighted by Gasteiger charge is -2.07. The molecular formula is C14H10O2. The third-order valence-corrected chi connectivity index (χ3v) is 1.84. The van der Waals surface area contributed by atoms with E-state index < -0.39 is 0 Å². The second kappa shape index (κ2) is 5.81. The molecule has 0 saturated carbocycles. The molecule has 0 amide bonds. The second-order valence-corrected chi connectivity index (χ2v) is 3.00. The normalized spacial score (nSPS) is 9.75. The van der Waals surface area contributed by atoms with Crippen molar-refractivity contribution in [2.45, 2.75) is 0 Å². The molecule has 2 nitrogen and oxygen atoms in total. The molecule has 0 fully saturated rings. The van der Waals surface area contributed by atoms with Crippen LogP contribution in [0.25, 0.3) is 0 Å². The Kier molecular flexibility index (Phi) is 3.83. The van der Waals surface area contributed by atoms with Gasteiger partial charge in [-0.2, -0.15) is 0 Å². The van der Waals surface area contributed by atoms with Gasteiger partial charge in [-0.3, -0.25) is 0 Å². The number of benzene rings is 2. The molecule has 0 aromatic heterocycles. The van der Waals surface area contributed by atoms with E-state index in [1.807, 2.05) is 0 Å². The Morgan fingerprint density at radius 1 is 0.750 bits per heavy atom. The van der Waals surface area contributed by atoms with Crippen LogP contribution < -0.4 is 9.47 Å². The standard InChI is InChI=1S/C14H10O2/c1-3-7-13(8-4-1)15-11-12-16-14-9-5-2-6-10-14/h1-3,5,8,10H,11-12H2. The van der Waals surface area contributed by atoms with E-state index in [4.69, 9.17) is 9.47 Å². The Labute approximate surface area is 95.4 Å². The summed E-state index contributed by atoms with van der Waals surface area (Å²) in [5.74, 6) is 1.35. The molecule has 2 rings (SSSR count). The summed E-state index contributed by atoms with van der Waals surface area (Å²) >= 11 is 0. The summed E-state index contributed by atoms with van der Waals surface area (Å²) in [5.41, 5.74) is 0.